The molecule has 4 rings (SSSR count). The van der Waals surface area contributed by atoms with Crippen LogP contribution < -0.4 is 10.1 Å². The van der Waals surface area contributed by atoms with Crippen molar-refractivity contribution in [1.82, 2.24) is 25.0 Å². The van der Waals surface area contributed by atoms with Gasteiger partial charge in [0.05, 0.1) is 6.61 Å². The summed E-state index contributed by atoms with van der Waals surface area (Å²) in [5.41, 5.74) is 2.21. The highest BCUT2D eigenvalue weighted by Crippen LogP contribution is 2.31. The molecule has 184 valence electrons. The van der Waals surface area contributed by atoms with Crippen LogP contribution in [0.25, 0.3) is 5.70 Å². The molecule has 35 heavy (non-hydrogen) atoms. The number of allylic oxidation sites excluding steroid dienone is 5. The Hall–Kier alpha value is -3.75. The molecule has 0 spiro atoms. The van der Waals surface area contributed by atoms with Gasteiger partial charge < -0.3 is 15.0 Å². The molecule has 0 saturated carbocycles. The predicted molar refractivity (Wildman–Crippen MR) is 137 cm³/mol. The van der Waals surface area contributed by atoms with Gasteiger partial charge in [-0.2, -0.15) is 10.1 Å². The monoisotopic (exact) mass is 477 g/mol. The van der Waals surface area contributed by atoms with E-state index in [1.807, 2.05) is 26.0 Å². The van der Waals surface area contributed by atoms with Crippen LogP contribution in [0.1, 0.15) is 50.4 Å². The van der Waals surface area contributed by atoms with Crippen molar-refractivity contribution < 1.29 is 9.13 Å². The van der Waals surface area contributed by atoms with Crippen LogP contribution in [0.2, 0.25) is 0 Å². The number of hydrogen-bond donors (Lipinski definition) is 1. The summed E-state index contributed by atoms with van der Waals surface area (Å²) in [5, 5.41) is 7.42. The zero-order chi connectivity index (χ0) is 24.8. The van der Waals surface area contributed by atoms with Gasteiger partial charge in [-0.1, -0.05) is 25.1 Å². The molecule has 0 radical (unpaired) electrons. The Balaban J connectivity index is 1.54. The summed E-state index contributed by atoms with van der Waals surface area (Å²) in [6.45, 7) is 11.2. The van der Waals surface area contributed by atoms with Crippen molar-refractivity contribution in [2.45, 2.75) is 46.0 Å². The molecule has 1 aromatic carbocycles. The Morgan fingerprint density at radius 3 is 2.74 bits per heavy atom. The van der Waals surface area contributed by atoms with Crippen molar-refractivity contribution in [3.8, 4) is 5.75 Å². The van der Waals surface area contributed by atoms with Crippen LogP contribution in [-0.2, 0) is 0 Å². The molecule has 1 atom stereocenters. The van der Waals surface area contributed by atoms with Gasteiger partial charge in [-0.3, -0.25) is 0 Å². The van der Waals surface area contributed by atoms with Gasteiger partial charge in [0.25, 0.3) is 0 Å². The third-order valence-electron chi connectivity index (χ3n) is 5.94. The lowest BCUT2D eigenvalue weighted by Gasteiger charge is -2.30. The maximum atomic E-state index is 14.0. The maximum absolute atomic E-state index is 14.0. The van der Waals surface area contributed by atoms with Gasteiger partial charge in [0.2, 0.25) is 5.96 Å². The standard InChI is InChI=1S/C26H32FN7O/c1-5-35-22-12-10-21(11-13-22)23-8-6-7-15-33-16-29-26(31-25(23)33)30-18(2)9-14-24(19(3)27)34-17-28-20(4)32-34/h9-14,17,23H,3,5-8,15-16H2,1-2,4H3,(H,29,30). The van der Waals surface area contributed by atoms with E-state index >= 15 is 0 Å². The van der Waals surface area contributed by atoms with Crippen molar-refractivity contribution in [3.05, 3.63) is 72.2 Å². The number of aliphatic imine (C=N–C) groups is 2. The van der Waals surface area contributed by atoms with Crippen molar-refractivity contribution in [2.75, 3.05) is 19.8 Å². The van der Waals surface area contributed by atoms with E-state index in [4.69, 9.17) is 9.73 Å². The van der Waals surface area contributed by atoms with Gasteiger partial charge in [0.15, 0.2) is 0 Å². The zero-order valence-corrected chi connectivity index (χ0v) is 20.5. The fourth-order valence-electron chi connectivity index (χ4n) is 4.22. The predicted octanol–water partition coefficient (Wildman–Crippen LogP) is 4.80. The zero-order valence-electron chi connectivity index (χ0n) is 20.5. The number of fused-ring (bicyclic) bond motifs is 1. The summed E-state index contributed by atoms with van der Waals surface area (Å²) < 4.78 is 21.0. The van der Waals surface area contributed by atoms with E-state index < -0.39 is 5.83 Å². The number of hydrogen-bond acceptors (Lipinski definition) is 7. The van der Waals surface area contributed by atoms with Gasteiger partial charge in [-0.15, -0.1) is 0 Å². The van der Waals surface area contributed by atoms with E-state index in [9.17, 15) is 4.39 Å². The highest BCUT2D eigenvalue weighted by atomic mass is 19.1. The molecule has 0 aliphatic carbocycles. The Bertz CT molecular complexity index is 1180. The van der Waals surface area contributed by atoms with Crippen LogP contribution in [0.15, 0.2) is 70.8 Å². The number of benzene rings is 1. The molecular formula is C26H32FN7O. The first-order chi connectivity index (χ1) is 16.9. The van der Waals surface area contributed by atoms with Crippen LogP contribution >= 0.6 is 0 Å². The summed E-state index contributed by atoms with van der Waals surface area (Å²) >= 11 is 0. The van der Waals surface area contributed by atoms with E-state index in [0.29, 0.717) is 25.1 Å². The third kappa shape index (κ3) is 6.03. The maximum Gasteiger partial charge on any atom is 0.225 e. The molecule has 1 aromatic heterocycles. The molecule has 2 aromatic rings. The minimum atomic E-state index is -0.596. The highest BCUT2D eigenvalue weighted by Gasteiger charge is 2.29. The molecule has 1 N–H and O–H groups in total. The van der Waals surface area contributed by atoms with E-state index in [2.05, 4.69) is 44.0 Å². The second-order valence-electron chi connectivity index (χ2n) is 8.57. The molecule has 3 heterocycles. The fourth-order valence-corrected chi connectivity index (χ4v) is 4.22. The van der Waals surface area contributed by atoms with E-state index in [1.165, 1.54) is 16.6 Å². The third-order valence-corrected chi connectivity index (χ3v) is 5.94. The van der Waals surface area contributed by atoms with Gasteiger partial charge in [0.1, 0.15) is 41.9 Å². The topological polar surface area (TPSA) is 79.9 Å². The lowest BCUT2D eigenvalue weighted by Crippen LogP contribution is -2.40. The molecule has 8 nitrogen and oxygen atoms in total. The van der Waals surface area contributed by atoms with Crippen LogP contribution in [0.5, 0.6) is 5.75 Å². The van der Waals surface area contributed by atoms with Gasteiger partial charge >= 0.3 is 0 Å². The summed E-state index contributed by atoms with van der Waals surface area (Å²) in [6.07, 6.45) is 8.11. The van der Waals surface area contributed by atoms with Gasteiger partial charge in [0, 0.05) is 18.2 Å². The van der Waals surface area contributed by atoms with Crippen LogP contribution in [-0.4, -0.2) is 51.3 Å². The number of aromatic nitrogens is 3. The number of aryl methyl sites for hydroxylation is 1. The average molecular weight is 478 g/mol. The van der Waals surface area contributed by atoms with E-state index in [-0.39, 0.29) is 11.6 Å². The van der Waals surface area contributed by atoms with E-state index in [0.717, 1.165) is 43.1 Å². The van der Waals surface area contributed by atoms with Crippen molar-refractivity contribution in [2.24, 2.45) is 9.98 Å². The second kappa shape index (κ2) is 11.1. The molecule has 9 heteroatoms. The molecule has 0 amide bonds. The Morgan fingerprint density at radius 2 is 2.06 bits per heavy atom. The lowest BCUT2D eigenvalue weighted by atomic mass is 9.93. The van der Waals surface area contributed by atoms with Gasteiger partial charge in [-0.25, -0.2) is 19.0 Å². The summed E-state index contributed by atoms with van der Waals surface area (Å²) in [7, 11) is 0. The first kappa shape index (κ1) is 24.4. The largest absolute Gasteiger partial charge is 0.494 e. The van der Waals surface area contributed by atoms with Gasteiger partial charge in [-0.05, 0) is 63.5 Å². The Labute approximate surface area is 205 Å². The number of rotatable bonds is 7. The Kier molecular flexibility index (Phi) is 7.74. The van der Waals surface area contributed by atoms with Crippen LogP contribution in [0, 0.1) is 6.92 Å². The molecule has 2 aliphatic rings. The summed E-state index contributed by atoms with van der Waals surface area (Å²) in [5.74, 6) is 2.61. The number of guanidine groups is 1. The smallest absolute Gasteiger partial charge is 0.225 e. The molecule has 1 unspecified atom stereocenters. The molecule has 0 bridgehead atoms. The minimum Gasteiger partial charge on any atom is -0.494 e. The quantitative estimate of drug-likeness (QED) is 0.580. The highest BCUT2D eigenvalue weighted by molar-refractivity contribution is 6.01. The summed E-state index contributed by atoms with van der Waals surface area (Å²) in [6, 6.07) is 8.31. The van der Waals surface area contributed by atoms with Crippen LogP contribution in [0.3, 0.4) is 0 Å². The van der Waals surface area contributed by atoms with Crippen molar-refractivity contribution in [3.63, 3.8) is 0 Å². The number of nitrogens with one attached hydrogen (secondary N) is 1. The van der Waals surface area contributed by atoms with Crippen molar-refractivity contribution in [1.29, 1.82) is 0 Å². The first-order valence-corrected chi connectivity index (χ1v) is 11.9. The second-order valence-corrected chi connectivity index (χ2v) is 8.57. The number of ether oxygens (including phenoxy) is 1. The van der Waals surface area contributed by atoms with Crippen LogP contribution in [0.4, 0.5) is 4.39 Å². The number of halogens is 1. The average Bonchev–Trinajstić information content (AvgIpc) is 3.15. The fraction of sp³-hybridized carbons (Fsp3) is 0.385. The Morgan fingerprint density at radius 1 is 1.26 bits per heavy atom. The summed E-state index contributed by atoms with van der Waals surface area (Å²) in [4.78, 5) is 15.9. The molecule has 2 aliphatic heterocycles. The SMILES string of the molecule is C=C(F)C(=CC=C(C)NC1=NCN2CCCCC(c3ccc(OCC)cc3)C2=N1)n1cnc(C)n1. The normalized spacial score (nSPS) is 18.9. The van der Waals surface area contributed by atoms with E-state index in [1.54, 1.807) is 19.1 Å². The number of nitrogens with zero attached hydrogens (tertiary/aromatic N) is 6. The number of amidine groups is 1. The molecule has 1 saturated heterocycles. The molecule has 1 fully saturated rings. The van der Waals surface area contributed by atoms with Crippen molar-refractivity contribution >= 4 is 17.5 Å². The molecular weight excluding hydrogens is 445 g/mol. The first-order valence-electron chi connectivity index (χ1n) is 11.9. The lowest BCUT2D eigenvalue weighted by molar-refractivity contribution is 0.340. The minimum absolute atomic E-state index is 0.196.